The quantitative estimate of drug-likeness (QED) is 0.190. The van der Waals surface area contributed by atoms with Crippen LogP contribution in [0, 0.1) is 0 Å². The molecular weight excluding hydrogens is 498 g/mol. The Morgan fingerprint density at radius 1 is 0.971 bits per heavy atom. The van der Waals surface area contributed by atoms with Crippen molar-refractivity contribution in [3.05, 3.63) is 101 Å². The van der Waals surface area contributed by atoms with Crippen LogP contribution in [0.2, 0.25) is 5.02 Å². The van der Waals surface area contributed by atoms with Crippen LogP contribution in [0.4, 0.5) is 10.8 Å². The lowest BCUT2D eigenvalue weighted by molar-refractivity contribution is -0.115. The fraction of sp³-hybridized carbons (Fsp3) is 0.0741. The molecule has 0 spiro atoms. The van der Waals surface area contributed by atoms with Crippen molar-refractivity contribution in [2.24, 2.45) is 0 Å². The minimum atomic E-state index is -0.336. The summed E-state index contributed by atoms with van der Waals surface area (Å²) in [6.45, 7) is 1.84. The highest BCUT2D eigenvalue weighted by Crippen LogP contribution is 2.31. The zero-order valence-corrected chi connectivity index (χ0v) is 21.2. The van der Waals surface area contributed by atoms with E-state index in [1.807, 2.05) is 91.2 Å². The van der Waals surface area contributed by atoms with E-state index >= 15 is 0 Å². The second kappa shape index (κ2) is 11.8. The predicted octanol–water partition coefficient (Wildman–Crippen LogP) is 7.23. The summed E-state index contributed by atoms with van der Waals surface area (Å²) in [4.78, 5) is 30.2. The van der Waals surface area contributed by atoms with E-state index in [0.717, 1.165) is 21.7 Å². The van der Waals surface area contributed by atoms with Crippen molar-refractivity contribution >= 4 is 63.4 Å². The van der Waals surface area contributed by atoms with Crippen LogP contribution in [0.1, 0.15) is 12.5 Å². The van der Waals surface area contributed by atoms with Gasteiger partial charge in [-0.2, -0.15) is 0 Å². The molecule has 176 valence electrons. The average Bonchev–Trinajstić information content (AvgIpc) is 3.33. The number of anilines is 2. The molecule has 0 bridgehead atoms. The van der Waals surface area contributed by atoms with Crippen LogP contribution in [0.5, 0.6) is 0 Å². The minimum Gasteiger partial charge on any atom is -0.323 e. The summed E-state index contributed by atoms with van der Waals surface area (Å²) in [5, 5.41) is 8.39. The molecule has 1 aromatic heterocycles. The number of thiazole rings is 1. The van der Waals surface area contributed by atoms with E-state index in [0.29, 0.717) is 15.8 Å². The number of hydrogen-bond acceptors (Lipinski definition) is 5. The molecule has 1 atom stereocenters. The normalized spacial score (nSPS) is 11.8. The van der Waals surface area contributed by atoms with E-state index < -0.39 is 0 Å². The van der Waals surface area contributed by atoms with Crippen molar-refractivity contribution in [1.82, 2.24) is 4.98 Å². The number of nitrogens with zero attached hydrogens (tertiary/aromatic N) is 1. The molecule has 0 aliphatic heterocycles. The highest BCUT2D eigenvalue weighted by Gasteiger charge is 2.17. The van der Waals surface area contributed by atoms with Gasteiger partial charge >= 0.3 is 0 Å². The number of thioether (sulfide) groups is 1. The van der Waals surface area contributed by atoms with E-state index in [-0.39, 0.29) is 17.1 Å². The summed E-state index contributed by atoms with van der Waals surface area (Å²) in [6.07, 6.45) is 3.26. The monoisotopic (exact) mass is 519 g/mol. The number of aromatic nitrogens is 1. The molecule has 8 heteroatoms. The maximum absolute atomic E-state index is 12.7. The second-order valence-corrected chi connectivity index (χ2v) is 10.2. The predicted molar refractivity (Wildman–Crippen MR) is 147 cm³/mol. The fourth-order valence-electron chi connectivity index (χ4n) is 3.13. The number of rotatable bonds is 8. The summed E-state index contributed by atoms with van der Waals surface area (Å²) < 4.78 is 0. The number of nitrogens with one attached hydrogen (secondary N) is 2. The number of halogens is 1. The fourth-order valence-corrected chi connectivity index (χ4v) is 4.94. The van der Waals surface area contributed by atoms with Crippen LogP contribution < -0.4 is 10.6 Å². The molecule has 1 heterocycles. The molecule has 2 amide bonds. The second-order valence-electron chi connectivity index (χ2n) is 7.52. The maximum atomic E-state index is 12.7. The lowest BCUT2D eigenvalue weighted by atomic mass is 10.2. The van der Waals surface area contributed by atoms with Gasteiger partial charge in [0.25, 0.3) is 0 Å². The number of carbonyl (C=O) groups is 2. The van der Waals surface area contributed by atoms with Gasteiger partial charge in [0.1, 0.15) is 0 Å². The molecule has 5 nitrogen and oxygen atoms in total. The van der Waals surface area contributed by atoms with E-state index in [2.05, 4.69) is 15.6 Å². The third-order valence-electron chi connectivity index (χ3n) is 4.91. The van der Waals surface area contributed by atoms with Gasteiger partial charge in [-0.25, -0.2) is 4.98 Å². The molecule has 0 saturated carbocycles. The molecule has 0 saturated heterocycles. The standard InChI is InChI=1S/C27H22ClN3O2S2/c1-18(26(33)31-27-30-24(17-34-27)22-9-5-6-10-23(22)28)35-21-14-12-20(13-15-21)29-25(32)16-11-19-7-3-2-4-8-19/h2-18H,1H3,(H,29,32)(H,30,31,33)/b16-11+. The van der Waals surface area contributed by atoms with Gasteiger partial charge in [0.05, 0.1) is 10.9 Å². The van der Waals surface area contributed by atoms with Gasteiger partial charge in [-0.3, -0.25) is 9.59 Å². The first-order valence-corrected chi connectivity index (χ1v) is 12.9. The van der Waals surface area contributed by atoms with Crippen LogP contribution in [0.15, 0.2) is 95.2 Å². The van der Waals surface area contributed by atoms with Crippen LogP contribution in [-0.2, 0) is 9.59 Å². The van der Waals surface area contributed by atoms with Gasteiger partial charge in [0, 0.05) is 32.6 Å². The summed E-state index contributed by atoms with van der Waals surface area (Å²) in [7, 11) is 0. The number of carbonyl (C=O) groups excluding carboxylic acids is 2. The molecule has 0 aliphatic carbocycles. The molecule has 4 aromatic rings. The van der Waals surface area contributed by atoms with Gasteiger partial charge in [-0.05, 0) is 48.9 Å². The third-order valence-corrected chi connectivity index (χ3v) is 7.11. The van der Waals surface area contributed by atoms with E-state index in [1.54, 1.807) is 6.08 Å². The smallest absolute Gasteiger partial charge is 0.248 e. The Kier molecular flexibility index (Phi) is 8.36. The summed E-state index contributed by atoms with van der Waals surface area (Å²) in [6, 6.07) is 24.5. The Morgan fingerprint density at radius 3 is 2.43 bits per heavy atom. The van der Waals surface area contributed by atoms with Crippen molar-refractivity contribution in [2.75, 3.05) is 10.6 Å². The molecule has 1 unspecified atom stereocenters. The molecule has 0 fully saturated rings. The zero-order valence-electron chi connectivity index (χ0n) is 18.8. The number of hydrogen-bond donors (Lipinski definition) is 2. The molecule has 3 aromatic carbocycles. The Bertz CT molecular complexity index is 1340. The number of amides is 2. The van der Waals surface area contributed by atoms with Crippen LogP contribution >= 0.6 is 34.7 Å². The Labute approximate surface area is 217 Å². The SMILES string of the molecule is CC(Sc1ccc(NC(=O)/C=C/c2ccccc2)cc1)C(=O)Nc1nc(-c2ccccc2Cl)cs1. The average molecular weight is 520 g/mol. The summed E-state index contributed by atoms with van der Waals surface area (Å²) >= 11 is 9.03. The van der Waals surface area contributed by atoms with Crippen LogP contribution in [-0.4, -0.2) is 22.0 Å². The number of benzene rings is 3. The van der Waals surface area contributed by atoms with E-state index in [1.165, 1.54) is 29.2 Å². The van der Waals surface area contributed by atoms with Gasteiger partial charge < -0.3 is 10.6 Å². The molecular formula is C27H22ClN3O2S2. The van der Waals surface area contributed by atoms with Crippen LogP contribution in [0.25, 0.3) is 17.3 Å². The Balaban J connectivity index is 1.29. The van der Waals surface area contributed by atoms with Crippen molar-refractivity contribution < 1.29 is 9.59 Å². The molecule has 35 heavy (non-hydrogen) atoms. The minimum absolute atomic E-state index is 0.140. The lowest BCUT2D eigenvalue weighted by Gasteiger charge is -2.11. The lowest BCUT2D eigenvalue weighted by Crippen LogP contribution is -2.22. The molecule has 0 aliphatic rings. The molecule has 2 N–H and O–H groups in total. The first kappa shape index (κ1) is 24.7. The summed E-state index contributed by atoms with van der Waals surface area (Å²) in [5.41, 5.74) is 3.20. The first-order chi connectivity index (χ1) is 17.0. The van der Waals surface area contributed by atoms with Gasteiger partial charge in [-0.1, -0.05) is 60.1 Å². The Morgan fingerprint density at radius 2 is 1.69 bits per heavy atom. The van der Waals surface area contributed by atoms with E-state index in [9.17, 15) is 9.59 Å². The Hall–Kier alpha value is -3.39. The van der Waals surface area contributed by atoms with Crippen molar-refractivity contribution in [3.8, 4) is 11.3 Å². The van der Waals surface area contributed by atoms with Gasteiger partial charge in [-0.15, -0.1) is 23.1 Å². The van der Waals surface area contributed by atoms with Crippen molar-refractivity contribution in [1.29, 1.82) is 0 Å². The van der Waals surface area contributed by atoms with Gasteiger partial charge in [0.15, 0.2) is 5.13 Å². The highest BCUT2D eigenvalue weighted by molar-refractivity contribution is 8.00. The van der Waals surface area contributed by atoms with Crippen LogP contribution in [0.3, 0.4) is 0 Å². The first-order valence-electron chi connectivity index (χ1n) is 10.8. The third kappa shape index (κ3) is 7.05. The maximum Gasteiger partial charge on any atom is 0.248 e. The highest BCUT2D eigenvalue weighted by atomic mass is 35.5. The zero-order chi connectivity index (χ0) is 24.6. The van der Waals surface area contributed by atoms with E-state index in [4.69, 9.17) is 11.6 Å². The summed E-state index contributed by atoms with van der Waals surface area (Å²) in [5.74, 6) is -0.347. The topological polar surface area (TPSA) is 71.1 Å². The van der Waals surface area contributed by atoms with Crippen molar-refractivity contribution in [3.63, 3.8) is 0 Å². The molecule has 0 radical (unpaired) electrons. The van der Waals surface area contributed by atoms with Gasteiger partial charge in [0.2, 0.25) is 11.8 Å². The largest absolute Gasteiger partial charge is 0.323 e. The van der Waals surface area contributed by atoms with Crippen molar-refractivity contribution in [2.45, 2.75) is 17.1 Å². The molecule has 4 rings (SSSR count).